The molecule has 4 aromatic rings. The van der Waals surface area contributed by atoms with E-state index in [1.165, 1.54) is 0 Å². The van der Waals surface area contributed by atoms with E-state index in [9.17, 15) is 4.79 Å². The van der Waals surface area contributed by atoms with Gasteiger partial charge in [-0.2, -0.15) is 0 Å². The molecule has 0 atom stereocenters. The van der Waals surface area contributed by atoms with Crippen LogP contribution in [0.15, 0.2) is 77.6 Å². The maximum Gasteiger partial charge on any atom is 0.216 e. The molecule has 0 aliphatic heterocycles. The Morgan fingerprint density at radius 1 is 0.889 bits per heavy atom. The molecule has 0 unspecified atom stereocenters. The highest BCUT2D eigenvalue weighted by molar-refractivity contribution is 5.88. The molecule has 0 spiro atoms. The van der Waals surface area contributed by atoms with Gasteiger partial charge in [0.2, 0.25) is 5.43 Å². The molecular formula is C22H20N4O. The first-order chi connectivity index (χ1) is 13.2. The van der Waals surface area contributed by atoms with Crippen molar-refractivity contribution in [1.82, 2.24) is 9.55 Å². The molecule has 0 amide bonds. The van der Waals surface area contributed by atoms with Crippen LogP contribution in [0, 0.1) is 6.92 Å². The van der Waals surface area contributed by atoms with Crippen LogP contribution in [-0.2, 0) is 0 Å². The Morgan fingerprint density at radius 2 is 1.56 bits per heavy atom. The minimum Gasteiger partial charge on any atom is -0.382 e. The standard InChI is InChI=1S/C22H20N4O/c1-15-13-14-18-20(27)19(23-2)22(25-16-9-5-3-6-10-16)26(21(18)24-15)17-11-7-4-8-12-17/h3-14,23,25H,1-2H3. The number of anilines is 3. The lowest BCUT2D eigenvalue weighted by atomic mass is 10.2. The molecule has 5 nitrogen and oxygen atoms in total. The number of aromatic nitrogens is 2. The molecule has 0 saturated heterocycles. The first-order valence-corrected chi connectivity index (χ1v) is 8.80. The topological polar surface area (TPSA) is 58.9 Å². The second kappa shape index (κ2) is 6.96. The van der Waals surface area contributed by atoms with Gasteiger partial charge in [-0.25, -0.2) is 4.98 Å². The summed E-state index contributed by atoms with van der Waals surface area (Å²) in [6, 6.07) is 23.4. The zero-order valence-corrected chi connectivity index (χ0v) is 15.2. The van der Waals surface area contributed by atoms with Gasteiger partial charge >= 0.3 is 0 Å². The Hall–Kier alpha value is -3.60. The van der Waals surface area contributed by atoms with Crippen molar-refractivity contribution in [3.8, 4) is 5.69 Å². The number of pyridine rings is 2. The lowest BCUT2D eigenvalue weighted by Crippen LogP contribution is -2.19. The zero-order valence-electron chi connectivity index (χ0n) is 15.2. The van der Waals surface area contributed by atoms with Crippen LogP contribution in [0.5, 0.6) is 0 Å². The van der Waals surface area contributed by atoms with Crippen molar-refractivity contribution >= 4 is 28.2 Å². The van der Waals surface area contributed by atoms with Gasteiger partial charge in [-0.15, -0.1) is 0 Å². The van der Waals surface area contributed by atoms with Crippen LogP contribution in [0.3, 0.4) is 0 Å². The predicted octanol–water partition coefficient (Wildman–Crippen LogP) is 4.48. The van der Waals surface area contributed by atoms with E-state index in [1.807, 2.05) is 84.3 Å². The van der Waals surface area contributed by atoms with Gasteiger partial charge in [-0.05, 0) is 43.3 Å². The molecule has 0 fully saturated rings. The lowest BCUT2D eigenvalue weighted by Gasteiger charge is -2.21. The van der Waals surface area contributed by atoms with Crippen LogP contribution >= 0.6 is 0 Å². The molecule has 134 valence electrons. The van der Waals surface area contributed by atoms with Gasteiger partial charge in [0, 0.05) is 24.1 Å². The van der Waals surface area contributed by atoms with E-state index >= 15 is 0 Å². The molecule has 0 aliphatic rings. The smallest absolute Gasteiger partial charge is 0.216 e. The Balaban J connectivity index is 2.11. The molecule has 2 aromatic carbocycles. The highest BCUT2D eigenvalue weighted by Crippen LogP contribution is 2.30. The molecule has 0 saturated carbocycles. The predicted molar refractivity (Wildman–Crippen MR) is 111 cm³/mol. The molecule has 5 heteroatoms. The van der Waals surface area contributed by atoms with E-state index in [2.05, 4.69) is 15.6 Å². The van der Waals surface area contributed by atoms with E-state index in [4.69, 9.17) is 0 Å². The van der Waals surface area contributed by atoms with Gasteiger partial charge in [0.15, 0.2) is 0 Å². The second-order valence-electron chi connectivity index (χ2n) is 6.29. The Bertz CT molecular complexity index is 1150. The van der Waals surface area contributed by atoms with Crippen molar-refractivity contribution in [2.75, 3.05) is 17.7 Å². The summed E-state index contributed by atoms with van der Waals surface area (Å²) < 4.78 is 1.99. The van der Waals surface area contributed by atoms with Gasteiger partial charge in [0.05, 0.1) is 5.39 Å². The summed E-state index contributed by atoms with van der Waals surface area (Å²) in [6.45, 7) is 1.93. The van der Waals surface area contributed by atoms with Gasteiger partial charge in [-0.3, -0.25) is 9.36 Å². The number of benzene rings is 2. The molecule has 2 aromatic heterocycles. The summed E-state index contributed by atoms with van der Waals surface area (Å²) in [6.07, 6.45) is 0. The number of hydrogen-bond acceptors (Lipinski definition) is 4. The van der Waals surface area contributed by atoms with Crippen molar-refractivity contribution < 1.29 is 0 Å². The van der Waals surface area contributed by atoms with Crippen LogP contribution in [0.25, 0.3) is 16.7 Å². The summed E-state index contributed by atoms with van der Waals surface area (Å²) >= 11 is 0. The molecule has 0 aliphatic carbocycles. The highest BCUT2D eigenvalue weighted by atomic mass is 16.1. The summed E-state index contributed by atoms with van der Waals surface area (Å²) in [7, 11) is 1.76. The third-order valence-corrected chi connectivity index (χ3v) is 4.46. The van der Waals surface area contributed by atoms with Crippen LogP contribution in [-0.4, -0.2) is 16.6 Å². The normalized spacial score (nSPS) is 10.7. The Kier molecular flexibility index (Phi) is 4.34. The quantitative estimate of drug-likeness (QED) is 0.566. The number of hydrogen-bond donors (Lipinski definition) is 2. The average molecular weight is 356 g/mol. The molecule has 27 heavy (non-hydrogen) atoms. The number of nitrogens with zero attached hydrogens (tertiary/aromatic N) is 2. The Labute approximate surface area is 157 Å². The Morgan fingerprint density at radius 3 is 2.22 bits per heavy atom. The van der Waals surface area contributed by atoms with Gasteiger partial charge in [-0.1, -0.05) is 36.4 Å². The second-order valence-corrected chi connectivity index (χ2v) is 6.29. The number of aryl methyl sites for hydroxylation is 1. The minimum absolute atomic E-state index is 0.0781. The van der Waals surface area contributed by atoms with E-state index in [0.29, 0.717) is 22.5 Å². The van der Waals surface area contributed by atoms with Crippen LogP contribution in [0.1, 0.15) is 5.69 Å². The average Bonchev–Trinajstić information content (AvgIpc) is 2.70. The number of fused-ring (bicyclic) bond motifs is 1. The minimum atomic E-state index is -0.0781. The van der Waals surface area contributed by atoms with Crippen LogP contribution < -0.4 is 16.1 Å². The molecule has 2 heterocycles. The SMILES string of the molecule is CNc1c(Nc2ccccc2)n(-c2ccccc2)c2nc(C)ccc2c1=O. The third kappa shape index (κ3) is 3.04. The highest BCUT2D eigenvalue weighted by Gasteiger charge is 2.18. The fourth-order valence-electron chi connectivity index (χ4n) is 3.19. The first kappa shape index (κ1) is 16.8. The number of para-hydroxylation sites is 2. The summed E-state index contributed by atoms with van der Waals surface area (Å²) in [5, 5.41) is 7.06. The maximum atomic E-state index is 13.1. The van der Waals surface area contributed by atoms with Crippen molar-refractivity contribution in [2.24, 2.45) is 0 Å². The lowest BCUT2D eigenvalue weighted by molar-refractivity contribution is 1.05. The molecule has 2 N–H and O–H groups in total. The van der Waals surface area contributed by atoms with E-state index in [-0.39, 0.29) is 5.43 Å². The molecule has 0 radical (unpaired) electrons. The summed E-state index contributed by atoms with van der Waals surface area (Å²) in [4.78, 5) is 17.8. The molecule has 0 bridgehead atoms. The summed E-state index contributed by atoms with van der Waals surface area (Å²) in [5.74, 6) is 0.658. The van der Waals surface area contributed by atoms with Crippen LogP contribution in [0.4, 0.5) is 17.2 Å². The van der Waals surface area contributed by atoms with Crippen molar-refractivity contribution in [3.63, 3.8) is 0 Å². The van der Waals surface area contributed by atoms with Gasteiger partial charge < -0.3 is 10.6 Å². The van der Waals surface area contributed by atoms with E-state index < -0.39 is 0 Å². The monoisotopic (exact) mass is 356 g/mol. The zero-order chi connectivity index (χ0) is 18.8. The van der Waals surface area contributed by atoms with Gasteiger partial charge in [0.1, 0.15) is 17.2 Å². The number of rotatable bonds is 4. The molecular weight excluding hydrogens is 336 g/mol. The van der Waals surface area contributed by atoms with Crippen molar-refractivity contribution in [3.05, 3.63) is 88.7 Å². The molecule has 4 rings (SSSR count). The van der Waals surface area contributed by atoms with E-state index in [1.54, 1.807) is 7.05 Å². The number of nitrogens with one attached hydrogen (secondary N) is 2. The van der Waals surface area contributed by atoms with E-state index in [0.717, 1.165) is 17.1 Å². The van der Waals surface area contributed by atoms with Crippen molar-refractivity contribution in [2.45, 2.75) is 6.92 Å². The third-order valence-electron chi connectivity index (χ3n) is 4.46. The fourth-order valence-corrected chi connectivity index (χ4v) is 3.19. The first-order valence-electron chi connectivity index (χ1n) is 8.80. The van der Waals surface area contributed by atoms with Crippen molar-refractivity contribution in [1.29, 1.82) is 0 Å². The summed E-state index contributed by atoms with van der Waals surface area (Å²) in [5.41, 5.74) is 3.73. The van der Waals surface area contributed by atoms with Gasteiger partial charge in [0.25, 0.3) is 0 Å². The van der Waals surface area contributed by atoms with Crippen LogP contribution in [0.2, 0.25) is 0 Å². The largest absolute Gasteiger partial charge is 0.382 e. The maximum absolute atomic E-state index is 13.1. The fraction of sp³-hybridized carbons (Fsp3) is 0.0909.